The third kappa shape index (κ3) is 3.25. The van der Waals surface area contributed by atoms with Crippen LogP contribution in [0.5, 0.6) is 0 Å². The van der Waals surface area contributed by atoms with Crippen LogP contribution in [0.4, 0.5) is 0 Å². The number of hydrogen-bond acceptors (Lipinski definition) is 1. The molecule has 0 aromatic heterocycles. The monoisotopic (exact) mass is 271 g/mol. The maximum atomic E-state index is 4.10. The smallest absolute Gasteiger partial charge is 0.0351 e. The lowest BCUT2D eigenvalue weighted by atomic mass is 9.87. The summed E-state index contributed by atoms with van der Waals surface area (Å²) in [4.78, 5) is 0. The van der Waals surface area contributed by atoms with Gasteiger partial charge in [0.1, 0.15) is 0 Å². The number of hydrogen-bond donors (Lipinski definition) is 1. The van der Waals surface area contributed by atoms with Crippen LogP contribution in [0.3, 0.4) is 0 Å². The lowest BCUT2D eigenvalue weighted by molar-refractivity contribution is 0.278. The number of benzene rings is 1. The fourth-order valence-electron chi connectivity index (χ4n) is 3.70. The summed E-state index contributed by atoms with van der Waals surface area (Å²) in [5.41, 5.74) is 1.49. The van der Waals surface area contributed by atoms with Crippen molar-refractivity contribution in [2.75, 3.05) is 0 Å². The minimum atomic E-state index is 0.553. The summed E-state index contributed by atoms with van der Waals surface area (Å²) in [6.45, 7) is 4.68. The summed E-state index contributed by atoms with van der Waals surface area (Å²) in [5.74, 6) is 2.71. The van der Waals surface area contributed by atoms with Crippen molar-refractivity contribution in [3.05, 3.63) is 35.9 Å². The fourth-order valence-corrected chi connectivity index (χ4v) is 3.70. The number of nitrogens with one attached hydrogen (secondary N) is 1. The van der Waals surface area contributed by atoms with E-state index in [1.807, 2.05) is 0 Å². The molecule has 1 aromatic rings. The average molecular weight is 271 g/mol. The molecule has 1 N–H and O–H groups in total. The van der Waals surface area contributed by atoms with E-state index in [2.05, 4.69) is 49.5 Å². The van der Waals surface area contributed by atoms with Crippen molar-refractivity contribution in [3.63, 3.8) is 0 Å². The molecule has 2 saturated carbocycles. The van der Waals surface area contributed by atoms with Gasteiger partial charge in [0.2, 0.25) is 0 Å². The normalized spacial score (nSPS) is 20.6. The van der Waals surface area contributed by atoms with Crippen LogP contribution < -0.4 is 5.32 Å². The van der Waals surface area contributed by atoms with E-state index in [0.29, 0.717) is 6.04 Å². The van der Waals surface area contributed by atoms with Gasteiger partial charge in [0.25, 0.3) is 0 Å². The quantitative estimate of drug-likeness (QED) is 0.706. The Labute approximate surface area is 124 Å². The second kappa shape index (κ2) is 6.30. The lowest BCUT2D eigenvalue weighted by Crippen LogP contribution is -2.39. The van der Waals surface area contributed by atoms with Gasteiger partial charge in [-0.1, -0.05) is 57.0 Å². The summed E-state index contributed by atoms with van der Waals surface area (Å²) in [5, 5.41) is 4.10. The minimum absolute atomic E-state index is 0.553. The SMILES string of the molecule is CCC(CC)C(NC(C1CC1)C1CC1)c1ccccc1. The van der Waals surface area contributed by atoms with Crippen LogP contribution in [0.15, 0.2) is 30.3 Å². The zero-order chi connectivity index (χ0) is 13.9. The highest BCUT2D eigenvalue weighted by Gasteiger charge is 2.42. The molecule has 0 spiro atoms. The van der Waals surface area contributed by atoms with E-state index in [1.54, 1.807) is 0 Å². The van der Waals surface area contributed by atoms with Gasteiger partial charge in [-0.25, -0.2) is 0 Å². The standard InChI is InChI=1S/C19H29N/c1-3-14(4-2)18(15-8-6-5-7-9-15)20-19(16-10-11-16)17-12-13-17/h5-9,14,16-20H,3-4,10-13H2,1-2H3. The van der Waals surface area contributed by atoms with Crippen molar-refractivity contribution in [1.82, 2.24) is 5.32 Å². The van der Waals surface area contributed by atoms with Crippen molar-refractivity contribution in [3.8, 4) is 0 Å². The van der Waals surface area contributed by atoms with Crippen LogP contribution in [0.2, 0.25) is 0 Å². The third-order valence-electron chi connectivity index (χ3n) is 5.31. The first-order valence-electron chi connectivity index (χ1n) is 8.64. The van der Waals surface area contributed by atoms with Crippen molar-refractivity contribution in [1.29, 1.82) is 0 Å². The van der Waals surface area contributed by atoms with Gasteiger partial charge in [-0.3, -0.25) is 0 Å². The molecule has 2 aliphatic carbocycles. The van der Waals surface area contributed by atoms with Gasteiger partial charge in [0.05, 0.1) is 0 Å². The van der Waals surface area contributed by atoms with E-state index in [0.717, 1.165) is 23.8 Å². The molecule has 0 heterocycles. The molecule has 0 amide bonds. The molecule has 1 heteroatoms. The topological polar surface area (TPSA) is 12.0 Å². The Balaban J connectivity index is 1.77. The van der Waals surface area contributed by atoms with E-state index in [4.69, 9.17) is 0 Å². The summed E-state index contributed by atoms with van der Waals surface area (Å²) in [6, 6.07) is 12.5. The maximum absolute atomic E-state index is 4.10. The van der Waals surface area contributed by atoms with Gasteiger partial charge in [0, 0.05) is 12.1 Å². The van der Waals surface area contributed by atoms with E-state index in [9.17, 15) is 0 Å². The molecule has 0 saturated heterocycles. The van der Waals surface area contributed by atoms with Crippen molar-refractivity contribution >= 4 is 0 Å². The average Bonchev–Trinajstić information content (AvgIpc) is 3.38. The lowest BCUT2D eigenvalue weighted by Gasteiger charge is -2.32. The predicted molar refractivity (Wildman–Crippen MR) is 85.6 cm³/mol. The highest BCUT2D eigenvalue weighted by atomic mass is 15.0. The van der Waals surface area contributed by atoms with Gasteiger partial charge in [-0.15, -0.1) is 0 Å². The van der Waals surface area contributed by atoms with Crippen LogP contribution in [0.1, 0.15) is 64.0 Å². The van der Waals surface area contributed by atoms with Crippen molar-refractivity contribution < 1.29 is 0 Å². The van der Waals surface area contributed by atoms with E-state index in [1.165, 1.54) is 44.1 Å². The summed E-state index contributed by atoms with van der Waals surface area (Å²) < 4.78 is 0. The molecule has 2 aliphatic rings. The minimum Gasteiger partial charge on any atom is -0.306 e. The Kier molecular flexibility index (Phi) is 4.45. The summed E-state index contributed by atoms with van der Waals surface area (Å²) >= 11 is 0. The van der Waals surface area contributed by atoms with Crippen LogP contribution >= 0.6 is 0 Å². The van der Waals surface area contributed by atoms with E-state index < -0.39 is 0 Å². The van der Waals surface area contributed by atoms with Crippen molar-refractivity contribution in [2.24, 2.45) is 17.8 Å². The van der Waals surface area contributed by atoms with Gasteiger partial charge < -0.3 is 5.32 Å². The van der Waals surface area contributed by atoms with Gasteiger partial charge >= 0.3 is 0 Å². The van der Waals surface area contributed by atoms with Gasteiger partial charge in [0.15, 0.2) is 0 Å². The maximum Gasteiger partial charge on any atom is 0.0351 e. The Bertz CT molecular complexity index is 389. The van der Waals surface area contributed by atoms with Crippen LogP contribution in [0, 0.1) is 17.8 Å². The Hall–Kier alpha value is -0.820. The molecule has 0 radical (unpaired) electrons. The Morgan fingerprint density at radius 1 is 0.950 bits per heavy atom. The second-order valence-corrected chi connectivity index (χ2v) is 6.83. The number of rotatable bonds is 8. The molecule has 1 aromatic carbocycles. The fraction of sp³-hybridized carbons (Fsp3) is 0.684. The molecule has 2 fully saturated rings. The van der Waals surface area contributed by atoms with Crippen LogP contribution in [-0.4, -0.2) is 6.04 Å². The molecular weight excluding hydrogens is 242 g/mol. The first-order valence-corrected chi connectivity index (χ1v) is 8.64. The van der Waals surface area contributed by atoms with E-state index >= 15 is 0 Å². The predicted octanol–water partition coefficient (Wildman–Crippen LogP) is 4.94. The summed E-state index contributed by atoms with van der Waals surface area (Å²) in [7, 11) is 0. The second-order valence-electron chi connectivity index (χ2n) is 6.83. The molecule has 1 nitrogen and oxygen atoms in total. The molecule has 20 heavy (non-hydrogen) atoms. The third-order valence-corrected chi connectivity index (χ3v) is 5.31. The zero-order valence-corrected chi connectivity index (χ0v) is 13.0. The van der Waals surface area contributed by atoms with Gasteiger partial charge in [-0.2, -0.15) is 0 Å². The molecule has 0 aliphatic heterocycles. The molecular formula is C19H29N. The highest BCUT2D eigenvalue weighted by molar-refractivity contribution is 5.20. The van der Waals surface area contributed by atoms with Gasteiger partial charge in [-0.05, 0) is 49.0 Å². The summed E-state index contributed by atoms with van der Waals surface area (Å²) in [6.07, 6.45) is 8.37. The highest BCUT2D eigenvalue weighted by Crippen LogP contribution is 2.46. The largest absolute Gasteiger partial charge is 0.306 e. The molecule has 3 rings (SSSR count). The van der Waals surface area contributed by atoms with Crippen LogP contribution in [-0.2, 0) is 0 Å². The first kappa shape index (κ1) is 14.1. The Morgan fingerprint density at radius 3 is 1.95 bits per heavy atom. The van der Waals surface area contributed by atoms with E-state index in [-0.39, 0.29) is 0 Å². The molecule has 110 valence electrons. The van der Waals surface area contributed by atoms with Crippen LogP contribution in [0.25, 0.3) is 0 Å². The molecule has 1 atom stereocenters. The van der Waals surface area contributed by atoms with Crippen molar-refractivity contribution in [2.45, 2.75) is 64.5 Å². The molecule has 0 bridgehead atoms. The Morgan fingerprint density at radius 2 is 1.50 bits per heavy atom. The first-order chi connectivity index (χ1) is 9.83. The zero-order valence-electron chi connectivity index (χ0n) is 13.0. The molecule has 1 unspecified atom stereocenters.